The van der Waals surface area contributed by atoms with E-state index in [0.717, 1.165) is 5.56 Å². The van der Waals surface area contributed by atoms with Crippen LogP contribution in [0.2, 0.25) is 5.02 Å². The molecular weight excluding hydrogens is 348 g/mol. The maximum atomic E-state index is 14.2. The molecule has 0 spiro atoms. The molecule has 2 aromatic rings. The fourth-order valence-corrected chi connectivity index (χ4v) is 2.62. The van der Waals surface area contributed by atoms with E-state index < -0.39 is 5.82 Å². The van der Waals surface area contributed by atoms with Gasteiger partial charge >= 0.3 is 0 Å². The smallest absolute Gasteiger partial charge is 0.142 e. The van der Waals surface area contributed by atoms with E-state index in [1.807, 2.05) is 6.92 Å². The summed E-state index contributed by atoms with van der Waals surface area (Å²) in [5, 5.41) is 3.22. The van der Waals surface area contributed by atoms with Gasteiger partial charge in [-0.2, -0.15) is 0 Å². The van der Waals surface area contributed by atoms with E-state index in [0.29, 0.717) is 16.6 Å². The van der Waals surface area contributed by atoms with Crippen molar-refractivity contribution in [1.29, 1.82) is 0 Å². The first-order valence-electron chi connectivity index (χ1n) is 6.16. The molecule has 0 fully saturated rings. The summed E-state index contributed by atoms with van der Waals surface area (Å²) in [6, 6.07) is 9.13. The van der Waals surface area contributed by atoms with Crippen LogP contribution in [0.1, 0.15) is 24.1 Å². The zero-order valence-electron chi connectivity index (χ0n) is 10.8. The Morgan fingerprint density at radius 3 is 2.65 bits per heavy atom. The lowest BCUT2D eigenvalue weighted by Crippen LogP contribution is -2.23. The molecule has 2 aromatic carbocycles. The highest BCUT2D eigenvalue weighted by atomic mass is 79.9. The van der Waals surface area contributed by atoms with E-state index in [1.165, 1.54) is 12.1 Å². The van der Waals surface area contributed by atoms with Gasteiger partial charge in [0.2, 0.25) is 0 Å². The highest BCUT2D eigenvalue weighted by Gasteiger charge is 2.19. The second-order valence-corrected chi connectivity index (χ2v) is 5.57. The van der Waals surface area contributed by atoms with Gasteiger partial charge in [0.25, 0.3) is 0 Å². The number of hydrogen-bond donors (Lipinski definition) is 1. The molecule has 0 amide bonds. The summed E-state index contributed by atoms with van der Waals surface area (Å²) in [6.07, 6.45) is 0. The molecule has 1 unspecified atom stereocenters. The molecule has 0 saturated heterocycles. The number of rotatable bonds is 4. The van der Waals surface area contributed by atoms with Crippen LogP contribution in [0.4, 0.5) is 8.78 Å². The van der Waals surface area contributed by atoms with Crippen molar-refractivity contribution in [1.82, 2.24) is 5.32 Å². The van der Waals surface area contributed by atoms with Gasteiger partial charge in [0.1, 0.15) is 11.6 Å². The summed E-state index contributed by atoms with van der Waals surface area (Å²) >= 11 is 8.99. The summed E-state index contributed by atoms with van der Waals surface area (Å²) in [7, 11) is 0. The van der Waals surface area contributed by atoms with Crippen LogP contribution in [0.5, 0.6) is 0 Å². The molecule has 5 heteroatoms. The monoisotopic (exact) mass is 359 g/mol. The summed E-state index contributed by atoms with van der Waals surface area (Å²) < 4.78 is 27.9. The minimum atomic E-state index is -0.486. The molecule has 106 valence electrons. The molecule has 0 radical (unpaired) electrons. The minimum absolute atomic E-state index is 0.0285. The van der Waals surface area contributed by atoms with Crippen LogP contribution in [0, 0.1) is 11.6 Å². The molecule has 1 nitrogen and oxygen atoms in total. The molecule has 0 saturated carbocycles. The molecule has 1 N–H and O–H groups in total. The standard InChI is InChI=1S/C15H13BrClF2N/c1-2-20-15(9-6-7-13(18)12(17)8-9)10-4-3-5-11(16)14(10)19/h3-8,15,20H,2H2,1H3. The molecule has 0 aliphatic rings. The Bertz CT molecular complexity index is 619. The van der Waals surface area contributed by atoms with Gasteiger partial charge in [-0.1, -0.05) is 36.7 Å². The van der Waals surface area contributed by atoms with Crippen LogP contribution >= 0.6 is 27.5 Å². The van der Waals surface area contributed by atoms with Gasteiger partial charge in [0.05, 0.1) is 15.5 Å². The maximum Gasteiger partial charge on any atom is 0.142 e. The van der Waals surface area contributed by atoms with Crippen LogP contribution in [0.3, 0.4) is 0 Å². The summed E-state index contributed by atoms with van der Waals surface area (Å²) in [5.74, 6) is -0.820. The van der Waals surface area contributed by atoms with Crippen molar-refractivity contribution in [3.8, 4) is 0 Å². The van der Waals surface area contributed by atoms with E-state index in [1.54, 1.807) is 24.3 Å². The van der Waals surface area contributed by atoms with Gasteiger partial charge in [0, 0.05) is 5.56 Å². The molecule has 0 aliphatic carbocycles. The quantitative estimate of drug-likeness (QED) is 0.802. The van der Waals surface area contributed by atoms with Gasteiger partial charge in [-0.05, 0) is 46.2 Å². The van der Waals surface area contributed by atoms with Gasteiger partial charge < -0.3 is 5.32 Å². The first-order chi connectivity index (χ1) is 9.54. The molecule has 0 heterocycles. The van der Waals surface area contributed by atoms with Gasteiger partial charge in [-0.15, -0.1) is 0 Å². The second-order valence-electron chi connectivity index (χ2n) is 4.31. The first kappa shape index (κ1) is 15.4. The third-order valence-electron chi connectivity index (χ3n) is 2.98. The Labute approximate surface area is 130 Å². The summed E-state index contributed by atoms with van der Waals surface area (Å²) in [4.78, 5) is 0. The second kappa shape index (κ2) is 6.66. The normalized spacial score (nSPS) is 12.4. The fourth-order valence-electron chi connectivity index (χ4n) is 2.05. The van der Waals surface area contributed by atoms with E-state index in [2.05, 4.69) is 21.2 Å². The SMILES string of the molecule is CCNC(c1ccc(F)c(Cl)c1)c1cccc(Br)c1F. The van der Waals surface area contributed by atoms with Crippen LogP contribution in [0.15, 0.2) is 40.9 Å². The van der Waals surface area contributed by atoms with Crippen LogP contribution in [-0.4, -0.2) is 6.54 Å². The highest BCUT2D eigenvalue weighted by Crippen LogP contribution is 2.30. The Morgan fingerprint density at radius 1 is 1.25 bits per heavy atom. The van der Waals surface area contributed by atoms with Crippen molar-refractivity contribution < 1.29 is 8.78 Å². The lowest BCUT2D eigenvalue weighted by Gasteiger charge is -2.20. The fraction of sp³-hybridized carbons (Fsp3) is 0.200. The van der Waals surface area contributed by atoms with E-state index in [4.69, 9.17) is 11.6 Å². The van der Waals surface area contributed by atoms with Crippen molar-refractivity contribution in [2.75, 3.05) is 6.54 Å². The Kier molecular flexibility index (Phi) is 5.13. The molecule has 0 aliphatic heterocycles. The number of halogens is 4. The number of nitrogens with one attached hydrogen (secondary N) is 1. The third kappa shape index (κ3) is 3.19. The van der Waals surface area contributed by atoms with Gasteiger partial charge in [-0.3, -0.25) is 0 Å². The zero-order valence-corrected chi connectivity index (χ0v) is 13.1. The summed E-state index contributed by atoms with van der Waals surface area (Å²) in [6.45, 7) is 2.57. The number of benzene rings is 2. The van der Waals surface area contributed by atoms with Crippen LogP contribution < -0.4 is 5.32 Å². The first-order valence-corrected chi connectivity index (χ1v) is 7.34. The van der Waals surface area contributed by atoms with Gasteiger partial charge in [0.15, 0.2) is 0 Å². The largest absolute Gasteiger partial charge is 0.306 e. The topological polar surface area (TPSA) is 12.0 Å². The van der Waals surface area contributed by atoms with Crippen molar-refractivity contribution in [3.05, 3.63) is 68.7 Å². The Hall–Kier alpha value is -0.970. The van der Waals surface area contributed by atoms with Crippen molar-refractivity contribution >= 4 is 27.5 Å². The zero-order chi connectivity index (χ0) is 14.7. The van der Waals surface area contributed by atoms with Gasteiger partial charge in [-0.25, -0.2) is 8.78 Å². The Balaban J connectivity index is 2.50. The third-order valence-corrected chi connectivity index (χ3v) is 3.88. The Morgan fingerprint density at radius 2 is 2.00 bits per heavy atom. The number of hydrogen-bond acceptors (Lipinski definition) is 1. The molecular formula is C15H13BrClF2N. The minimum Gasteiger partial charge on any atom is -0.306 e. The summed E-state index contributed by atoms with van der Waals surface area (Å²) in [5.41, 5.74) is 1.21. The van der Waals surface area contributed by atoms with E-state index in [9.17, 15) is 8.78 Å². The van der Waals surface area contributed by atoms with E-state index in [-0.39, 0.29) is 16.9 Å². The van der Waals surface area contributed by atoms with Crippen molar-refractivity contribution in [2.45, 2.75) is 13.0 Å². The van der Waals surface area contributed by atoms with E-state index >= 15 is 0 Å². The lowest BCUT2D eigenvalue weighted by atomic mass is 9.98. The average molecular weight is 361 g/mol. The molecule has 1 atom stereocenters. The van der Waals surface area contributed by atoms with Crippen LogP contribution in [-0.2, 0) is 0 Å². The van der Waals surface area contributed by atoms with Crippen molar-refractivity contribution in [2.24, 2.45) is 0 Å². The van der Waals surface area contributed by atoms with Crippen LogP contribution in [0.25, 0.3) is 0 Å². The lowest BCUT2D eigenvalue weighted by molar-refractivity contribution is 0.553. The molecule has 0 aromatic heterocycles. The molecule has 20 heavy (non-hydrogen) atoms. The predicted molar refractivity (Wildman–Crippen MR) is 81.0 cm³/mol. The average Bonchev–Trinajstić information content (AvgIpc) is 2.43. The van der Waals surface area contributed by atoms with Crippen molar-refractivity contribution in [3.63, 3.8) is 0 Å². The molecule has 0 bridgehead atoms. The molecule has 2 rings (SSSR count). The predicted octanol–water partition coefficient (Wildman–Crippen LogP) is 5.08. The highest BCUT2D eigenvalue weighted by molar-refractivity contribution is 9.10. The maximum absolute atomic E-state index is 14.2.